The summed E-state index contributed by atoms with van der Waals surface area (Å²) in [6.45, 7) is 2.69. The van der Waals surface area contributed by atoms with Gasteiger partial charge in [-0.25, -0.2) is 0 Å². The van der Waals surface area contributed by atoms with Crippen LogP contribution in [0, 0.1) is 30.1 Å². The Bertz CT molecular complexity index is 536. The second kappa shape index (κ2) is 9.33. The number of benzene rings is 1. The fraction of sp³-hybridized carbons (Fsp3) is 0.667. The Morgan fingerprint density at radius 2 is 1.52 bits per heavy atom. The van der Waals surface area contributed by atoms with Crippen molar-refractivity contribution in [3.8, 4) is 18.1 Å². The minimum Gasteiger partial charge on any atom is -0.481 e. The lowest BCUT2D eigenvalue weighted by Crippen LogP contribution is -2.25. The van der Waals surface area contributed by atoms with Gasteiger partial charge in [-0.2, -0.15) is 0 Å². The predicted molar refractivity (Wildman–Crippen MR) is 106 cm³/mol. The van der Waals surface area contributed by atoms with Gasteiger partial charge in [0.05, 0.1) is 0 Å². The van der Waals surface area contributed by atoms with Crippen molar-refractivity contribution in [1.82, 2.24) is 0 Å². The van der Waals surface area contributed by atoms with Crippen LogP contribution in [0.25, 0.3) is 0 Å². The lowest BCUT2D eigenvalue weighted by atomic mass is 9.68. The second-order valence-corrected chi connectivity index (χ2v) is 8.24. The lowest BCUT2D eigenvalue weighted by molar-refractivity contribution is 0.156. The lowest BCUT2D eigenvalue weighted by Gasteiger charge is -2.38. The molecule has 136 valence electrons. The van der Waals surface area contributed by atoms with E-state index in [1.807, 2.05) is 0 Å². The fourth-order valence-corrected chi connectivity index (χ4v) is 5.24. The summed E-state index contributed by atoms with van der Waals surface area (Å²) in [7, 11) is 0. The smallest absolute Gasteiger partial charge is 0.148 e. The molecule has 0 heterocycles. The number of rotatable bonds is 6. The maximum absolute atomic E-state index is 5.48. The van der Waals surface area contributed by atoms with Gasteiger partial charge in [-0.3, -0.25) is 0 Å². The van der Waals surface area contributed by atoms with Crippen LogP contribution in [0.1, 0.15) is 82.6 Å². The Labute approximate surface area is 154 Å². The first-order valence-corrected chi connectivity index (χ1v) is 10.5. The third kappa shape index (κ3) is 5.04. The molecule has 1 aromatic rings. The molecule has 0 amide bonds. The van der Waals surface area contributed by atoms with Crippen molar-refractivity contribution in [2.45, 2.75) is 77.0 Å². The highest BCUT2D eigenvalue weighted by molar-refractivity contribution is 5.30. The monoisotopic (exact) mass is 338 g/mol. The van der Waals surface area contributed by atoms with E-state index in [4.69, 9.17) is 11.2 Å². The topological polar surface area (TPSA) is 9.23 Å². The minimum absolute atomic E-state index is 0.352. The van der Waals surface area contributed by atoms with E-state index in [0.29, 0.717) is 6.61 Å². The van der Waals surface area contributed by atoms with E-state index in [0.717, 1.165) is 29.4 Å². The van der Waals surface area contributed by atoms with Crippen LogP contribution in [-0.2, 0) is 0 Å². The highest BCUT2D eigenvalue weighted by Crippen LogP contribution is 2.44. The Hall–Kier alpha value is -1.42. The van der Waals surface area contributed by atoms with Gasteiger partial charge in [0, 0.05) is 0 Å². The molecule has 2 fully saturated rings. The summed E-state index contributed by atoms with van der Waals surface area (Å²) >= 11 is 0. The first kappa shape index (κ1) is 18.4. The van der Waals surface area contributed by atoms with Crippen molar-refractivity contribution < 1.29 is 4.74 Å². The molecule has 2 aliphatic rings. The van der Waals surface area contributed by atoms with Crippen molar-refractivity contribution >= 4 is 0 Å². The third-order valence-electron chi connectivity index (χ3n) is 6.70. The van der Waals surface area contributed by atoms with Crippen LogP contribution in [0.4, 0.5) is 0 Å². The Balaban J connectivity index is 1.45. The van der Waals surface area contributed by atoms with Crippen LogP contribution in [0.15, 0.2) is 24.3 Å². The summed E-state index contributed by atoms with van der Waals surface area (Å²) in [6.07, 6.45) is 19.7. The Morgan fingerprint density at radius 3 is 2.08 bits per heavy atom. The van der Waals surface area contributed by atoms with Gasteiger partial charge in [0.2, 0.25) is 0 Å². The number of ether oxygens (including phenoxy) is 1. The van der Waals surface area contributed by atoms with Crippen molar-refractivity contribution in [1.29, 1.82) is 0 Å². The molecule has 1 aromatic carbocycles. The molecule has 0 bridgehead atoms. The van der Waals surface area contributed by atoms with E-state index in [1.165, 1.54) is 69.8 Å². The SMILES string of the molecule is C#CCOc1ccc(C2CCC(C3CCC(CCC)CC3)CC2)cc1. The molecule has 0 saturated heterocycles. The highest BCUT2D eigenvalue weighted by atomic mass is 16.5. The van der Waals surface area contributed by atoms with E-state index in [1.54, 1.807) is 0 Å². The highest BCUT2D eigenvalue weighted by Gasteiger charge is 2.31. The van der Waals surface area contributed by atoms with Gasteiger partial charge in [0.25, 0.3) is 0 Å². The summed E-state index contributed by atoms with van der Waals surface area (Å²) in [6, 6.07) is 8.64. The first-order valence-electron chi connectivity index (χ1n) is 10.5. The number of hydrogen-bond donors (Lipinski definition) is 0. The van der Waals surface area contributed by atoms with Gasteiger partial charge in [-0.15, -0.1) is 6.42 Å². The summed E-state index contributed by atoms with van der Waals surface area (Å²) in [5.41, 5.74) is 1.48. The Kier molecular flexibility index (Phi) is 6.85. The molecular weight excluding hydrogens is 304 g/mol. The zero-order valence-corrected chi connectivity index (χ0v) is 15.9. The van der Waals surface area contributed by atoms with E-state index >= 15 is 0 Å². The van der Waals surface area contributed by atoms with Gasteiger partial charge in [0.1, 0.15) is 12.4 Å². The predicted octanol–water partition coefficient (Wildman–Crippen LogP) is 6.58. The Morgan fingerprint density at radius 1 is 0.920 bits per heavy atom. The van der Waals surface area contributed by atoms with Gasteiger partial charge < -0.3 is 4.74 Å². The van der Waals surface area contributed by atoms with Crippen LogP contribution in [0.2, 0.25) is 0 Å². The van der Waals surface area contributed by atoms with Crippen LogP contribution < -0.4 is 4.74 Å². The van der Waals surface area contributed by atoms with E-state index in [9.17, 15) is 0 Å². The summed E-state index contributed by atoms with van der Waals surface area (Å²) < 4.78 is 5.48. The molecule has 1 nitrogen and oxygen atoms in total. The number of hydrogen-bond acceptors (Lipinski definition) is 1. The standard InChI is InChI=1S/C24H34O/c1-3-5-19-6-8-20(9-7-19)21-10-12-22(13-11-21)23-14-16-24(17-15-23)25-18-4-2/h2,14-17,19-22H,3,5-13,18H2,1H3. The van der Waals surface area contributed by atoms with Gasteiger partial charge >= 0.3 is 0 Å². The van der Waals surface area contributed by atoms with E-state index in [2.05, 4.69) is 37.1 Å². The molecule has 25 heavy (non-hydrogen) atoms. The maximum Gasteiger partial charge on any atom is 0.148 e. The van der Waals surface area contributed by atoms with Crippen molar-refractivity contribution in [2.24, 2.45) is 17.8 Å². The number of terminal acetylenes is 1. The van der Waals surface area contributed by atoms with Crippen LogP contribution in [-0.4, -0.2) is 6.61 Å². The zero-order chi connectivity index (χ0) is 17.5. The van der Waals surface area contributed by atoms with E-state index in [-0.39, 0.29) is 0 Å². The molecule has 0 spiro atoms. The van der Waals surface area contributed by atoms with E-state index < -0.39 is 0 Å². The molecule has 0 unspecified atom stereocenters. The summed E-state index contributed by atoms with van der Waals surface area (Å²) in [4.78, 5) is 0. The summed E-state index contributed by atoms with van der Waals surface area (Å²) in [5.74, 6) is 7.20. The van der Waals surface area contributed by atoms with Crippen molar-refractivity contribution in [2.75, 3.05) is 6.61 Å². The zero-order valence-electron chi connectivity index (χ0n) is 15.9. The quantitative estimate of drug-likeness (QED) is 0.532. The third-order valence-corrected chi connectivity index (χ3v) is 6.70. The molecule has 0 aliphatic heterocycles. The largest absolute Gasteiger partial charge is 0.481 e. The molecule has 0 radical (unpaired) electrons. The van der Waals surface area contributed by atoms with Crippen molar-refractivity contribution in [3.05, 3.63) is 29.8 Å². The first-order chi connectivity index (χ1) is 12.3. The fourth-order valence-electron chi connectivity index (χ4n) is 5.24. The normalized spacial score (nSPS) is 29.8. The molecule has 0 aromatic heterocycles. The maximum atomic E-state index is 5.48. The summed E-state index contributed by atoms with van der Waals surface area (Å²) in [5, 5.41) is 0. The molecule has 2 saturated carbocycles. The van der Waals surface area contributed by atoms with Gasteiger partial charge in [-0.05, 0) is 79.9 Å². The molecular formula is C24H34O. The minimum atomic E-state index is 0.352. The molecule has 3 rings (SSSR count). The van der Waals surface area contributed by atoms with Crippen LogP contribution >= 0.6 is 0 Å². The second-order valence-electron chi connectivity index (χ2n) is 8.24. The van der Waals surface area contributed by atoms with Crippen molar-refractivity contribution in [3.63, 3.8) is 0 Å². The van der Waals surface area contributed by atoms with Gasteiger partial charge in [0.15, 0.2) is 0 Å². The molecule has 1 heteroatoms. The van der Waals surface area contributed by atoms with Crippen LogP contribution in [0.3, 0.4) is 0 Å². The molecule has 0 atom stereocenters. The van der Waals surface area contributed by atoms with Gasteiger partial charge in [-0.1, -0.05) is 50.7 Å². The average molecular weight is 339 g/mol. The molecule has 0 N–H and O–H groups in total. The molecule has 2 aliphatic carbocycles. The average Bonchev–Trinajstić information content (AvgIpc) is 2.68. The van der Waals surface area contributed by atoms with Crippen LogP contribution in [0.5, 0.6) is 5.75 Å².